The van der Waals surface area contributed by atoms with Crippen molar-refractivity contribution in [2.24, 2.45) is 0 Å². The summed E-state index contributed by atoms with van der Waals surface area (Å²) in [5, 5.41) is 3.41. The van der Waals surface area contributed by atoms with Crippen molar-refractivity contribution in [3.63, 3.8) is 0 Å². The van der Waals surface area contributed by atoms with E-state index in [2.05, 4.69) is 20.3 Å². The van der Waals surface area contributed by atoms with E-state index < -0.39 is 16.3 Å². The Morgan fingerprint density at radius 3 is 2.74 bits per heavy atom. The van der Waals surface area contributed by atoms with E-state index in [0.29, 0.717) is 48.6 Å². The quantitative estimate of drug-likeness (QED) is 0.393. The van der Waals surface area contributed by atoms with Gasteiger partial charge in [0.2, 0.25) is 11.9 Å². The highest BCUT2D eigenvalue weighted by Crippen LogP contribution is 2.25. The van der Waals surface area contributed by atoms with Crippen LogP contribution in [0.1, 0.15) is 12.0 Å². The topological polar surface area (TPSA) is 126 Å². The van der Waals surface area contributed by atoms with Gasteiger partial charge in [-0.1, -0.05) is 17.7 Å². The molecule has 0 saturated carbocycles. The highest BCUT2D eigenvalue weighted by atomic mass is 35.5. The molecular formula is C24H31ClN8O4S. The second-order valence-corrected chi connectivity index (χ2v) is 11.5. The second kappa shape index (κ2) is 12.1. The van der Waals surface area contributed by atoms with Gasteiger partial charge in [0.05, 0.1) is 18.2 Å². The number of anilines is 1. The Kier molecular flexibility index (Phi) is 8.82. The molecule has 1 fully saturated rings. The number of ether oxygens (including phenoxy) is 1. The zero-order valence-corrected chi connectivity index (χ0v) is 23.1. The number of nitrogens with one attached hydrogen (secondary N) is 1. The summed E-state index contributed by atoms with van der Waals surface area (Å²) in [6.45, 7) is 1.32. The molecule has 4 rings (SSSR count). The van der Waals surface area contributed by atoms with Gasteiger partial charge in [-0.3, -0.25) is 9.36 Å². The SMILES string of the molecule is COc1ccc(CCNC(=O)CC2CN(c3ccnc(-n4ccnc4)n3)CCN2S(=O)(=O)N(C)C)cc1Cl. The Hall–Kier alpha value is -3.26. The lowest BCUT2D eigenvalue weighted by Gasteiger charge is -2.41. The Morgan fingerprint density at radius 1 is 1.24 bits per heavy atom. The number of aromatic nitrogens is 4. The third-order valence-corrected chi connectivity index (χ3v) is 8.54. The van der Waals surface area contributed by atoms with Gasteiger partial charge >= 0.3 is 0 Å². The molecule has 0 radical (unpaired) electrons. The van der Waals surface area contributed by atoms with Gasteiger partial charge < -0.3 is 15.0 Å². The van der Waals surface area contributed by atoms with Crippen LogP contribution in [-0.4, -0.2) is 95.9 Å². The lowest BCUT2D eigenvalue weighted by atomic mass is 10.1. The number of benzene rings is 1. The molecule has 38 heavy (non-hydrogen) atoms. The summed E-state index contributed by atoms with van der Waals surface area (Å²) < 4.78 is 35.5. The van der Waals surface area contributed by atoms with Crippen LogP contribution in [0.4, 0.5) is 5.82 Å². The van der Waals surface area contributed by atoms with Gasteiger partial charge in [-0.2, -0.15) is 22.0 Å². The molecule has 0 bridgehead atoms. The second-order valence-electron chi connectivity index (χ2n) is 8.96. The van der Waals surface area contributed by atoms with Gasteiger partial charge in [0.15, 0.2) is 0 Å². The van der Waals surface area contributed by atoms with Gasteiger partial charge in [0.1, 0.15) is 17.9 Å². The highest BCUT2D eigenvalue weighted by molar-refractivity contribution is 7.86. The summed E-state index contributed by atoms with van der Waals surface area (Å²) in [4.78, 5) is 27.8. The van der Waals surface area contributed by atoms with Crippen LogP contribution in [0.5, 0.6) is 5.75 Å². The van der Waals surface area contributed by atoms with Crippen molar-refractivity contribution in [1.29, 1.82) is 0 Å². The van der Waals surface area contributed by atoms with Crippen LogP contribution in [0.15, 0.2) is 49.2 Å². The molecule has 2 aromatic heterocycles. The fourth-order valence-corrected chi connectivity index (χ4v) is 5.77. The van der Waals surface area contributed by atoms with Crippen molar-refractivity contribution in [1.82, 2.24) is 33.4 Å². The Bertz CT molecular complexity index is 1350. The van der Waals surface area contributed by atoms with Crippen molar-refractivity contribution >= 4 is 33.5 Å². The highest BCUT2D eigenvalue weighted by Gasteiger charge is 2.38. The molecule has 3 heterocycles. The van der Waals surface area contributed by atoms with E-state index in [9.17, 15) is 13.2 Å². The number of amides is 1. The van der Waals surface area contributed by atoms with Crippen molar-refractivity contribution in [3.8, 4) is 11.7 Å². The molecule has 1 amide bonds. The average molecular weight is 563 g/mol. The fraction of sp³-hybridized carbons (Fsp3) is 0.417. The van der Waals surface area contributed by atoms with E-state index in [4.69, 9.17) is 16.3 Å². The lowest BCUT2D eigenvalue weighted by molar-refractivity contribution is -0.121. The zero-order chi connectivity index (χ0) is 27.3. The first-order chi connectivity index (χ1) is 18.2. The van der Waals surface area contributed by atoms with Crippen molar-refractivity contribution in [2.75, 3.05) is 52.3 Å². The Labute approximate surface area is 227 Å². The lowest BCUT2D eigenvalue weighted by Crippen LogP contribution is -2.58. The van der Waals surface area contributed by atoms with Gasteiger partial charge in [-0.25, -0.2) is 9.97 Å². The van der Waals surface area contributed by atoms with Crippen molar-refractivity contribution in [2.45, 2.75) is 18.9 Å². The monoisotopic (exact) mass is 562 g/mol. The van der Waals surface area contributed by atoms with Crippen LogP contribution in [0.3, 0.4) is 0 Å². The molecule has 0 spiro atoms. The number of carbonyl (C=O) groups excluding carboxylic acids is 1. The smallest absolute Gasteiger partial charge is 0.281 e. The van der Waals surface area contributed by atoms with E-state index in [-0.39, 0.29) is 18.9 Å². The number of hydrogen-bond donors (Lipinski definition) is 1. The molecule has 1 saturated heterocycles. The van der Waals surface area contributed by atoms with Crippen LogP contribution in [0.25, 0.3) is 5.95 Å². The molecule has 1 aromatic carbocycles. The van der Waals surface area contributed by atoms with Gasteiger partial charge in [0.25, 0.3) is 10.2 Å². The summed E-state index contributed by atoms with van der Waals surface area (Å²) >= 11 is 6.19. The van der Waals surface area contributed by atoms with Gasteiger partial charge in [0, 0.05) is 65.3 Å². The normalized spacial score (nSPS) is 16.6. The molecule has 0 aliphatic carbocycles. The molecule has 1 aliphatic rings. The minimum Gasteiger partial charge on any atom is -0.495 e. The molecule has 1 aliphatic heterocycles. The van der Waals surface area contributed by atoms with E-state index >= 15 is 0 Å². The minimum absolute atomic E-state index is 0.00635. The average Bonchev–Trinajstić information content (AvgIpc) is 3.44. The standard InChI is InChI=1S/C24H31ClN8O4S/c1-30(2)38(35,36)33-13-12-31(22-7-9-28-24(29-22)32-11-10-26-17-32)16-19(33)15-23(34)27-8-6-18-4-5-21(37-3)20(25)14-18/h4-5,7,9-11,14,17,19H,6,8,12-13,15-16H2,1-3H3,(H,27,34). The molecule has 12 nitrogen and oxygen atoms in total. The van der Waals surface area contributed by atoms with Crippen LogP contribution in [-0.2, 0) is 21.4 Å². The summed E-state index contributed by atoms with van der Waals surface area (Å²) in [5.74, 6) is 1.45. The van der Waals surface area contributed by atoms with Gasteiger partial charge in [-0.05, 0) is 30.2 Å². The Morgan fingerprint density at radius 2 is 2.05 bits per heavy atom. The van der Waals surface area contributed by atoms with Crippen LogP contribution in [0, 0.1) is 0 Å². The summed E-state index contributed by atoms with van der Waals surface area (Å²) in [6, 6.07) is 6.66. The largest absolute Gasteiger partial charge is 0.495 e. The summed E-state index contributed by atoms with van der Waals surface area (Å²) in [6.07, 6.45) is 7.21. The first-order valence-corrected chi connectivity index (χ1v) is 13.8. The number of piperazine rings is 1. The van der Waals surface area contributed by atoms with Crippen molar-refractivity contribution in [3.05, 3.63) is 59.8 Å². The third-order valence-electron chi connectivity index (χ3n) is 6.25. The Balaban J connectivity index is 1.44. The predicted octanol–water partition coefficient (Wildman–Crippen LogP) is 1.37. The third kappa shape index (κ3) is 6.41. The molecule has 1 N–H and O–H groups in total. The van der Waals surface area contributed by atoms with Crippen LogP contribution >= 0.6 is 11.6 Å². The summed E-state index contributed by atoms with van der Waals surface area (Å²) in [7, 11) is 0.795. The summed E-state index contributed by atoms with van der Waals surface area (Å²) in [5.41, 5.74) is 0.953. The van der Waals surface area contributed by atoms with Gasteiger partial charge in [-0.15, -0.1) is 0 Å². The number of nitrogens with zero attached hydrogens (tertiary/aromatic N) is 7. The predicted molar refractivity (Wildman–Crippen MR) is 144 cm³/mol. The molecular weight excluding hydrogens is 532 g/mol. The molecule has 14 heteroatoms. The van der Waals surface area contributed by atoms with Crippen molar-refractivity contribution < 1.29 is 17.9 Å². The first-order valence-electron chi connectivity index (χ1n) is 12.0. The number of methoxy groups -OCH3 is 1. The maximum Gasteiger partial charge on any atom is 0.281 e. The molecule has 1 unspecified atom stereocenters. The number of halogens is 1. The van der Waals surface area contributed by atoms with Crippen LogP contribution < -0.4 is 15.0 Å². The maximum atomic E-state index is 13.1. The molecule has 204 valence electrons. The van der Waals surface area contributed by atoms with Crippen LogP contribution in [0.2, 0.25) is 5.02 Å². The molecule has 3 aromatic rings. The van der Waals surface area contributed by atoms with E-state index in [0.717, 1.165) is 5.56 Å². The molecule has 1 atom stereocenters. The number of imidazole rings is 1. The first kappa shape index (κ1) is 27.8. The zero-order valence-electron chi connectivity index (χ0n) is 21.5. The maximum absolute atomic E-state index is 13.1. The van der Waals surface area contributed by atoms with E-state index in [1.807, 2.05) is 11.0 Å². The van der Waals surface area contributed by atoms with E-state index in [1.165, 1.54) is 22.7 Å². The number of rotatable bonds is 10. The van der Waals surface area contributed by atoms with E-state index in [1.54, 1.807) is 54.8 Å². The fourth-order valence-electron chi connectivity index (χ4n) is 4.24. The minimum atomic E-state index is -3.73. The number of carbonyl (C=O) groups is 1. The number of hydrogen-bond acceptors (Lipinski definition) is 8.